The monoisotopic (exact) mass is 354 g/mol. The van der Waals surface area contributed by atoms with E-state index in [1.54, 1.807) is 25.6 Å². The SMILES string of the molecule is Cc1cc(N(C2CC2)C2CCN(Cc3cnn(C)c(=O)c3)CC2)ncn1. The zero-order chi connectivity index (χ0) is 18.1. The van der Waals surface area contributed by atoms with Crippen LogP contribution in [0.25, 0.3) is 0 Å². The fraction of sp³-hybridized carbons (Fsp3) is 0.579. The van der Waals surface area contributed by atoms with Gasteiger partial charge in [-0.05, 0) is 38.2 Å². The van der Waals surface area contributed by atoms with Crippen LogP contribution in [0.3, 0.4) is 0 Å². The number of piperidine rings is 1. The highest BCUT2D eigenvalue weighted by Crippen LogP contribution is 2.35. The molecule has 138 valence electrons. The van der Waals surface area contributed by atoms with Crippen molar-refractivity contribution < 1.29 is 0 Å². The molecular formula is C19H26N6O. The lowest BCUT2D eigenvalue weighted by molar-refractivity contribution is 0.200. The van der Waals surface area contributed by atoms with Crippen LogP contribution in [0.4, 0.5) is 5.82 Å². The third kappa shape index (κ3) is 3.77. The molecule has 7 heteroatoms. The first kappa shape index (κ1) is 17.1. The van der Waals surface area contributed by atoms with Crippen molar-refractivity contribution in [2.45, 2.75) is 51.2 Å². The van der Waals surface area contributed by atoms with E-state index in [2.05, 4.69) is 30.9 Å². The molecule has 0 bridgehead atoms. The van der Waals surface area contributed by atoms with E-state index in [4.69, 9.17) is 0 Å². The van der Waals surface area contributed by atoms with Crippen molar-refractivity contribution in [3.05, 3.63) is 46.3 Å². The lowest BCUT2D eigenvalue weighted by Crippen LogP contribution is -2.46. The van der Waals surface area contributed by atoms with Crippen LogP contribution in [-0.2, 0) is 13.6 Å². The largest absolute Gasteiger partial charge is 0.350 e. The predicted octanol–water partition coefficient (Wildman–Crippen LogP) is 1.51. The Hall–Kier alpha value is -2.28. The smallest absolute Gasteiger partial charge is 0.266 e. The summed E-state index contributed by atoms with van der Waals surface area (Å²) in [4.78, 5) is 25.5. The van der Waals surface area contributed by atoms with Gasteiger partial charge in [0.15, 0.2) is 0 Å². The zero-order valence-electron chi connectivity index (χ0n) is 15.5. The van der Waals surface area contributed by atoms with Gasteiger partial charge in [0.2, 0.25) is 0 Å². The van der Waals surface area contributed by atoms with Crippen molar-refractivity contribution in [2.24, 2.45) is 7.05 Å². The molecule has 0 spiro atoms. The molecule has 2 aliphatic rings. The normalized spacial score (nSPS) is 18.8. The van der Waals surface area contributed by atoms with Gasteiger partial charge in [0.05, 0.1) is 6.20 Å². The van der Waals surface area contributed by atoms with Gasteiger partial charge in [-0.25, -0.2) is 14.6 Å². The Labute approximate surface area is 153 Å². The Kier molecular flexibility index (Phi) is 4.72. The fourth-order valence-electron chi connectivity index (χ4n) is 3.81. The third-order valence-electron chi connectivity index (χ3n) is 5.38. The summed E-state index contributed by atoms with van der Waals surface area (Å²) in [6.07, 6.45) is 8.26. The minimum atomic E-state index is -0.0450. The number of nitrogens with zero attached hydrogens (tertiary/aromatic N) is 6. The number of hydrogen-bond acceptors (Lipinski definition) is 6. The van der Waals surface area contributed by atoms with Gasteiger partial charge >= 0.3 is 0 Å². The maximum absolute atomic E-state index is 11.8. The summed E-state index contributed by atoms with van der Waals surface area (Å²) >= 11 is 0. The molecule has 7 nitrogen and oxygen atoms in total. The molecule has 1 aliphatic carbocycles. The Morgan fingerprint density at radius 3 is 2.50 bits per heavy atom. The van der Waals surface area contributed by atoms with Crippen molar-refractivity contribution in [2.75, 3.05) is 18.0 Å². The van der Waals surface area contributed by atoms with Gasteiger partial charge < -0.3 is 4.90 Å². The molecule has 2 aromatic heterocycles. The lowest BCUT2D eigenvalue weighted by atomic mass is 10.0. The Bertz CT molecular complexity index is 823. The van der Waals surface area contributed by atoms with E-state index in [1.165, 1.54) is 17.5 Å². The van der Waals surface area contributed by atoms with E-state index in [-0.39, 0.29) is 5.56 Å². The highest BCUT2D eigenvalue weighted by molar-refractivity contribution is 5.43. The molecule has 0 atom stereocenters. The predicted molar refractivity (Wildman–Crippen MR) is 100 cm³/mol. The topological polar surface area (TPSA) is 67.2 Å². The number of anilines is 1. The van der Waals surface area contributed by atoms with Gasteiger partial charge in [-0.15, -0.1) is 0 Å². The van der Waals surface area contributed by atoms with Crippen LogP contribution in [0.15, 0.2) is 29.5 Å². The first-order valence-corrected chi connectivity index (χ1v) is 9.42. The Morgan fingerprint density at radius 2 is 1.85 bits per heavy atom. The molecule has 2 fully saturated rings. The molecule has 0 N–H and O–H groups in total. The summed E-state index contributed by atoms with van der Waals surface area (Å²) < 4.78 is 1.37. The number of likely N-dealkylation sites (tertiary alicyclic amines) is 1. The van der Waals surface area contributed by atoms with Gasteiger partial charge in [0, 0.05) is 56.6 Å². The zero-order valence-corrected chi connectivity index (χ0v) is 15.5. The van der Waals surface area contributed by atoms with E-state index < -0.39 is 0 Å². The van der Waals surface area contributed by atoms with E-state index >= 15 is 0 Å². The molecule has 0 radical (unpaired) electrons. The molecule has 2 aromatic rings. The summed E-state index contributed by atoms with van der Waals surface area (Å²) in [5.41, 5.74) is 1.98. The molecule has 0 unspecified atom stereocenters. The summed E-state index contributed by atoms with van der Waals surface area (Å²) in [5.74, 6) is 1.08. The average molecular weight is 354 g/mol. The number of aryl methyl sites for hydroxylation is 2. The lowest BCUT2D eigenvalue weighted by Gasteiger charge is -2.39. The van der Waals surface area contributed by atoms with Crippen molar-refractivity contribution >= 4 is 5.82 Å². The molecule has 26 heavy (non-hydrogen) atoms. The van der Waals surface area contributed by atoms with Gasteiger partial charge in [-0.2, -0.15) is 5.10 Å². The van der Waals surface area contributed by atoms with Crippen LogP contribution in [0.5, 0.6) is 0 Å². The molecule has 1 aliphatic heterocycles. The number of hydrogen-bond donors (Lipinski definition) is 0. The summed E-state index contributed by atoms with van der Waals surface area (Å²) in [5, 5.41) is 4.12. The average Bonchev–Trinajstić information content (AvgIpc) is 3.45. The summed E-state index contributed by atoms with van der Waals surface area (Å²) in [6, 6.07) is 4.98. The molecule has 0 amide bonds. The second-order valence-electron chi connectivity index (χ2n) is 7.49. The molecule has 1 saturated heterocycles. The van der Waals surface area contributed by atoms with E-state index in [0.717, 1.165) is 49.6 Å². The van der Waals surface area contributed by atoms with Crippen LogP contribution in [0.2, 0.25) is 0 Å². The second kappa shape index (κ2) is 7.15. The Balaban J connectivity index is 1.40. The molecule has 0 aromatic carbocycles. The fourth-order valence-corrected chi connectivity index (χ4v) is 3.81. The highest BCUT2D eigenvalue weighted by Gasteiger charge is 2.36. The third-order valence-corrected chi connectivity index (χ3v) is 5.38. The van der Waals surface area contributed by atoms with Crippen LogP contribution in [-0.4, -0.2) is 49.8 Å². The van der Waals surface area contributed by atoms with Crippen LogP contribution in [0, 0.1) is 6.92 Å². The minimum absolute atomic E-state index is 0.0450. The quantitative estimate of drug-likeness (QED) is 0.811. The first-order chi connectivity index (χ1) is 12.6. The van der Waals surface area contributed by atoms with Crippen LogP contribution in [0.1, 0.15) is 36.9 Å². The van der Waals surface area contributed by atoms with Gasteiger partial charge in [-0.3, -0.25) is 9.69 Å². The van der Waals surface area contributed by atoms with Crippen LogP contribution < -0.4 is 10.5 Å². The maximum atomic E-state index is 11.8. The van der Waals surface area contributed by atoms with Crippen LogP contribution >= 0.6 is 0 Å². The van der Waals surface area contributed by atoms with Crippen molar-refractivity contribution in [1.29, 1.82) is 0 Å². The Morgan fingerprint density at radius 1 is 1.12 bits per heavy atom. The van der Waals surface area contributed by atoms with Gasteiger partial charge in [0.1, 0.15) is 12.1 Å². The summed E-state index contributed by atoms with van der Waals surface area (Å²) in [7, 11) is 1.68. The second-order valence-corrected chi connectivity index (χ2v) is 7.49. The molecule has 3 heterocycles. The molecule has 1 saturated carbocycles. The molecular weight excluding hydrogens is 328 g/mol. The van der Waals surface area contributed by atoms with E-state index in [1.807, 2.05) is 6.92 Å². The van der Waals surface area contributed by atoms with Crippen molar-refractivity contribution in [1.82, 2.24) is 24.6 Å². The first-order valence-electron chi connectivity index (χ1n) is 9.42. The highest BCUT2D eigenvalue weighted by atomic mass is 16.1. The van der Waals surface area contributed by atoms with E-state index in [9.17, 15) is 4.79 Å². The standard InChI is InChI=1S/C19H26N6O/c1-14-9-18(21-13-20-14)25(16-3-4-16)17-5-7-24(8-6-17)12-15-10-19(26)23(2)22-11-15/h9-11,13,16-17H,3-8,12H2,1-2H3. The molecule has 4 rings (SSSR count). The van der Waals surface area contributed by atoms with Gasteiger partial charge in [0.25, 0.3) is 5.56 Å². The van der Waals surface area contributed by atoms with Crippen molar-refractivity contribution in [3.8, 4) is 0 Å². The van der Waals surface area contributed by atoms with Crippen molar-refractivity contribution in [3.63, 3.8) is 0 Å². The van der Waals surface area contributed by atoms with E-state index in [0.29, 0.717) is 12.1 Å². The number of rotatable bonds is 5. The maximum Gasteiger partial charge on any atom is 0.266 e. The summed E-state index contributed by atoms with van der Waals surface area (Å²) in [6.45, 7) is 4.89. The van der Waals surface area contributed by atoms with Gasteiger partial charge in [-0.1, -0.05) is 0 Å². The minimum Gasteiger partial charge on any atom is -0.350 e. The number of aromatic nitrogens is 4.